The van der Waals surface area contributed by atoms with E-state index in [9.17, 15) is 9.00 Å². The first-order chi connectivity index (χ1) is 6.93. The van der Waals surface area contributed by atoms with Crippen LogP contribution in [0.3, 0.4) is 0 Å². The van der Waals surface area contributed by atoms with Crippen LogP contribution in [-0.2, 0) is 15.6 Å². The largest absolute Gasteiger partial charge is 0.481 e. The summed E-state index contributed by atoms with van der Waals surface area (Å²) in [5.41, 5.74) is -0.117. The summed E-state index contributed by atoms with van der Waals surface area (Å²) in [4.78, 5) is 10.6. The minimum Gasteiger partial charge on any atom is -0.481 e. The zero-order valence-electron chi connectivity index (χ0n) is 9.49. The van der Waals surface area contributed by atoms with Gasteiger partial charge in [0.15, 0.2) is 0 Å². The van der Waals surface area contributed by atoms with Crippen LogP contribution in [-0.4, -0.2) is 26.8 Å². The molecule has 1 rings (SSSR count). The lowest BCUT2D eigenvalue weighted by molar-refractivity contribution is -0.138. The number of carboxylic acid groups (broad SMARTS) is 1. The van der Waals surface area contributed by atoms with Gasteiger partial charge in [-0.05, 0) is 30.6 Å². The zero-order valence-corrected chi connectivity index (χ0v) is 10.3. The van der Waals surface area contributed by atoms with Crippen molar-refractivity contribution >= 4 is 16.8 Å². The molecule has 4 heteroatoms. The van der Waals surface area contributed by atoms with Crippen molar-refractivity contribution in [3.63, 3.8) is 0 Å². The molecule has 0 heterocycles. The first-order valence-corrected chi connectivity index (χ1v) is 6.99. The third-order valence-electron chi connectivity index (χ3n) is 2.87. The third-order valence-corrected chi connectivity index (χ3v) is 4.50. The molecule has 0 saturated heterocycles. The number of carboxylic acids is 1. The van der Waals surface area contributed by atoms with Crippen molar-refractivity contribution in [2.45, 2.75) is 39.5 Å². The monoisotopic (exact) mass is 232 g/mol. The van der Waals surface area contributed by atoms with Crippen molar-refractivity contribution in [1.29, 1.82) is 0 Å². The van der Waals surface area contributed by atoms with Crippen LogP contribution in [0.2, 0.25) is 0 Å². The Labute approximate surface area is 93.7 Å². The van der Waals surface area contributed by atoms with Crippen molar-refractivity contribution in [1.82, 2.24) is 0 Å². The molecule has 88 valence electrons. The fourth-order valence-corrected chi connectivity index (χ4v) is 3.60. The summed E-state index contributed by atoms with van der Waals surface area (Å²) in [5.74, 6) is 1.13. The van der Waals surface area contributed by atoms with E-state index >= 15 is 0 Å². The molecule has 1 N–H and O–H groups in total. The molecule has 0 radical (unpaired) electrons. The fraction of sp³-hybridized carbons (Fsp3) is 0.909. The van der Waals surface area contributed by atoms with Gasteiger partial charge in [0.2, 0.25) is 0 Å². The summed E-state index contributed by atoms with van der Waals surface area (Å²) in [5, 5.41) is 8.72. The van der Waals surface area contributed by atoms with Gasteiger partial charge in [0.25, 0.3) is 0 Å². The summed E-state index contributed by atoms with van der Waals surface area (Å²) < 4.78 is 11.7. The maximum atomic E-state index is 11.7. The molecule has 1 aliphatic carbocycles. The second kappa shape index (κ2) is 5.10. The second-order valence-electron chi connectivity index (χ2n) is 5.04. The Bertz CT molecular complexity index is 257. The molecular weight excluding hydrogens is 212 g/mol. The highest BCUT2D eigenvalue weighted by Gasteiger charge is 2.45. The Kier molecular flexibility index (Phi) is 4.32. The Morgan fingerprint density at radius 1 is 1.47 bits per heavy atom. The maximum absolute atomic E-state index is 11.7. The van der Waals surface area contributed by atoms with Gasteiger partial charge >= 0.3 is 5.97 Å². The van der Waals surface area contributed by atoms with Crippen LogP contribution in [0.1, 0.15) is 39.5 Å². The summed E-state index contributed by atoms with van der Waals surface area (Å²) in [7, 11) is -0.827. The maximum Gasteiger partial charge on any atom is 0.303 e. The van der Waals surface area contributed by atoms with Crippen molar-refractivity contribution in [3.05, 3.63) is 0 Å². The molecule has 1 aliphatic rings. The highest BCUT2D eigenvalue weighted by molar-refractivity contribution is 7.85. The Morgan fingerprint density at radius 3 is 2.47 bits per heavy atom. The smallest absolute Gasteiger partial charge is 0.303 e. The average Bonchev–Trinajstić information content (AvgIpc) is 2.80. The minimum absolute atomic E-state index is 0.117. The minimum atomic E-state index is -0.827. The molecule has 0 aromatic heterocycles. The van der Waals surface area contributed by atoms with E-state index in [1.54, 1.807) is 0 Å². The molecule has 0 bridgehead atoms. The predicted octanol–water partition coefficient (Wildman–Crippen LogP) is 2.04. The van der Waals surface area contributed by atoms with Crippen LogP contribution in [0.5, 0.6) is 0 Å². The molecule has 0 spiro atoms. The lowest BCUT2D eigenvalue weighted by atomic mass is 10.1. The number of hydrogen-bond acceptors (Lipinski definition) is 2. The Morgan fingerprint density at radius 2 is 2.07 bits per heavy atom. The van der Waals surface area contributed by atoms with Crippen molar-refractivity contribution in [2.75, 3.05) is 11.5 Å². The molecule has 1 unspecified atom stereocenters. The first kappa shape index (κ1) is 12.7. The SMILES string of the molecule is CC(C)CCS(=O)CC1(CC(=O)O)CC1. The number of aliphatic carboxylic acids is 1. The molecule has 0 aliphatic heterocycles. The molecular formula is C11H20O3S. The molecule has 0 aromatic carbocycles. The van der Waals surface area contributed by atoms with Gasteiger partial charge < -0.3 is 5.11 Å². The van der Waals surface area contributed by atoms with Crippen LogP contribution < -0.4 is 0 Å². The predicted molar refractivity (Wildman–Crippen MR) is 61.3 cm³/mol. The summed E-state index contributed by atoms with van der Waals surface area (Å²) in [6, 6.07) is 0. The quantitative estimate of drug-likeness (QED) is 0.730. The van der Waals surface area contributed by atoms with Crippen LogP contribution in [0, 0.1) is 11.3 Å². The highest BCUT2D eigenvalue weighted by Crippen LogP contribution is 2.49. The average molecular weight is 232 g/mol. The van der Waals surface area contributed by atoms with Crippen LogP contribution >= 0.6 is 0 Å². The van der Waals surface area contributed by atoms with E-state index in [0.29, 0.717) is 11.7 Å². The molecule has 15 heavy (non-hydrogen) atoms. The first-order valence-electron chi connectivity index (χ1n) is 5.50. The van der Waals surface area contributed by atoms with Crippen LogP contribution in [0.25, 0.3) is 0 Å². The number of carbonyl (C=O) groups is 1. The lowest BCUT2D eigenvalue weighted by Crippen LogP contribution is -2.18. The van der Waals surface area contributed by atoms with E-state index in [2.05, 4.69) is 13.8 Å². The molecule has 3 nitrogen and oxygen atoms in total. The standard InChI is InChI=1S/C11H20O3S/c1-9(2)3-6-15(14)8-11(4-5-11)7-10(12)13/h9H,3-8H2,1-2H3,(H,12,13). The number of hydrogen-bond donors (Lipinski definition) is 1. The van der Waals surface area contributed by atoms with Gasteiger partial charge in [-0.3, -0.25) is 9.00 Å². The van der Waals surface area contributed by atoms with Gasteiger partial charge in [-0.1, -0.05) is 13.8 Å². The van der Waals surface area contributed by atoms with Crippen LogP contribution in [0.15, 0.2) is 0 Å². The van der Waals surface area contributed by atoms with E-state index < -0.39 is 16.8 Å². The molecule has 0 amide bonds. The van der Waals surface area contributed by atoms with Crippen LogP contribution in [0.4, 0.5) is 0 Å². The molecule has 1 atom stereocenters. The van der Waals surface area contributed by atoms with Gasteiger partial charge in [-0.2, -0.15) is 0 Å². The fourth-order valence-electron chi connectivity index (χ4n) is 1.65. The van der Waals surface area contributed by atoms with E-state index in [0.717, 1.165) is 25.0 Å². The van der Waals surface area contributed by atoms with Gasteiger partial charge in [0, 0.05) is 22.3 Å². The Hall–Kier alpha value is -0.380. The van der Waals surface area contributed by atoms with E-state index in [-0.39, 0.29) is 11.8 Å². The lowest BCUT2D eigenvalue weighted by Gasteiger charge is -2.12. The summed E-state index contributed by atoms with van der Waals surface area (Å²) in [6.07, 6.45) is 3.04. The normalized spacial score (nSPS) is 20.2. The van der Waals surface area contributed by atoms with E-state index in [4.69, 9.17) is 5.11 Å². The van der Waals surface area contributed by atoms with Gasteiger partial charge in [0.05, 0.1) is 6.42 Å². The third kappa shape index (κ3) is 4.78. The van der Waals surface area contributed by atoms with E-state index in [1.807, 2.05) is 0 Å². The zero-order chi connectivity index (χ0) is 11.5. The van der Waals surface area contributed by atoms with Gasteiger partial charge in [-0.15, -0.1) is 0 Å². The van der Waals surface area contributed by atoms with Crippen molar-refractivity contribution in [2.24, 2.45) is 11.3 Å². The summed E-state index contributed by atoms with van der Waals surface area (Å²) in [6.45, 7) is 4.22. The second-order valence-corrected chi connectivity index (χ2v) is 6.62. The van der Waals surface area contributed by atoms with Gasteiger partial charge in [0.1, 0.15) is 0 Å². The van der Waals surface area contributed by atoms with Gasteiger partial charge in [-0.25, -0.2) is 0 Å². The molecule has 1 fully saturated rings. The van der Waals surface area contributed by atoms with E-state index in [1.165, 1.54) is 0 Å². The number of rotatable bonds is 7. The Balaban J connectivity index is 2.28. The van der Waals surface area contributed by atoms with Crippen molar-refractivity contribution < 1.29 is 14.1 Å². The van der Waals surface area contributed by atoms with Crippen molar-refractivity contribution in [3.8, 4) is 0 Å². The molecule has 1 saturated carbocycles. The topological polar surface area (TPSA) is 54.4 Å². The molecule has 0 aromatic rings. The highest BCUT2D eigenvalue weighted by atomic mass is 32.2. The summed E-state index contributed by atoms with van der Waals surface area (Å²) >= 11 is 0.